The van der Waals surface area contributed by atoms with Crippen LogP contribution in [0.3, 0.4) is 0 Å². The fourth-order valence-corrected chi connectivity index (χ4v) is 3.04. The lowest BCUT2D eigenvalue weighted by molar-refractivity contribution is -0.00260. The van der Waals surface area contributed by atoms with E-state index >= 15 is 0 Å². The lowest BCUT2D eigenvalue weighted by atomic mass is 10.1. The summed E-state index contributed by atoms with van der Waals surface area (Å²) in [6, 6.07) is 3.80. The van der Waals surface area contributed by atoms with E-state index in [2.05, 4.69) is 27.9 Å². The third kappa shape index (κ3) is 4.11. The molecule has 5 heteroatoms. The first kappa shape index (κ1) is 15.6. The molecule has 0 aliphatic carbocycles. The molecular weight excluding hydrogens is 322 g/mol. The third-order valence-corrected chi connectivity index (χ3v) is 4.15. The molecule has 1 aromatic rings. The minimum atomic E-state index is 0.148. The van der Waals surface area contributed by atoms with Crippen molar-refractivity contribution in [3.63, 3.8) is 0 Å². The highest BCUT2D eigenvalue weighted by Gasteiger charge is 2.16. The van der Waals surface area contributed by atoms with Crippen molar-refractivity contribution in [3.05, 3.63) is 22.2 Å². The van der Waals surface area contributed by atoms with E-state index in [0.29, 0.717) is 16.3 Å². The minimum absolute atomic E-state index is 0.148. The third-order valence-electron chi connectivity index (χ3n) is 3.55. The molecule has 0 radical (unpaired) electrons. The van der Waals surface area contributed by atoms with Gasteiger partial charge in [0.15, 0.2) is 11.5 Å². The maximum absolute atomic E-state index is 9.81. The molecule has 4 nitrogen and oxygen atoms in total. The molecule has 0 bridgehead atoms. The van der Waals surface area contributed by atoms with Gasteiger partial charge in [0.1, 0.15) is 0 Å². The van der Waals surface area contributed by atoms with Crippen LogP contribution in [0.2, 0.25) is 0 Å². The van der Waals surface area contributed by atoms with Gasteiger partial charge >= 0.3 is 0 Å². The average Bonchev–Trinajstić information content (AvgIpc) is 2.43. The summed E-state index contributed by atoms with van der Waals surface area (Å²) in [5.41, 5.74) is 1.10. The number of phenols is 1. The molecule has 1 aliphatic heterocycles. The van der Waals surface area contributed by atoms with Crippen LogP contribution in [0.5, 0.6) is 11.5 Å². The van der Waals surface area contributed by atoms with Crippen molar-refractivity contribution in [1.82, 2.24) is 4.90 Å². The van der Waals surface area contributed by atoms with Crippen LogP contribution in [0.25, 0.3) is 0 Å². The van der Waals surface area contributed by atoms with Gasteiger partial charge in [-0.3, -0.25) is 4.90 Å². The smallest absolute Gasteiger partial charge is 0.172 e. The summed E-state index contributed by atoms with van der Waals surface area (Å²) in [5.74, 6) is 0.645. The van der Waals surface area contributed by atoms with Crippen LogP contribution in [0.15, 0.2) is 16.6 Å². The summed E-state index contributed by atoms with van der Waals surface area (Å²) in [7, 11) is 3.65. The van der Waals surface area contributed by atoms with Crippen LogP contribution in [-0.4, -0.2) is 43.4 Å². The predicted molar refractivity (Wildman–Crippen MR) is 82.3 cm³/mol. The van der Waals surface area contributed by atoms with Crippen LogP contribution in [0, 0.1) is 0 Å². The number of hydrogen-bond donors (Lipinski definition) is 1. The van der Waals surface area contributed by atoms with E-state index in [0.717, 1.165) is 31.7 Å². The average molecular weight is 344 g/mol. The molecule has 1 saturated heterocycles. The normalized spacial score (nSPS) is 19.3. The number of methoxy groups -OCH3 is 1. The Kier molecular flexibility index (Phi) is 5.69. The lowest BCUT2D eigenvalue weighted by Crippen LogP contribution is -2.33. The Bertz CT molecular complexity index is 447. The zero-order valence-corrected chi connectivity index (χ0v) is 13.6. The summed E-state index contributed by atoms with van der Waals surface area (Å²) in [6.45, 7) is 2.62. The van der Waals surface area contributed by atoms with E-state index in [-0.39, 0.29) is 5.75 Å². The van der Waals surface area contributed by atoms with E-state index in [1.165, 1.54) is 12.8 Å². The van der Waals surface area contributed by atoms with Crippen LogP contribution in [0.1, 0.15) is 24.8 Å². The standard InChI is InChI=1S/C15H22BrNO3/c1-17(10-12-5-3-4-6-20-12)9-11-7-13(16)15(18)14(8-11)19-2/h7-8,12,18H,3-6,9-10H2,1-2H3. The number of ether oxygens (including phenoxy) is 2. The number of hydrogen-bond acceptors (Lipinski definition) is 4. The molecular formula is C15H22BrNO3. The number of benzene rings is 1. The van der Waals surface area contributed by atoms with Gasteiger partial charge < -0.3 is 14.6 Å². The molecule has 1 atom stereocenters. The van der Waals surface area contributed by atoms with Crippen LogP contribution < -0.4 is 4.74 Å². The number of phenolic OH excluding ortho intramolecular Hbond substituents is 1. The van der Waals surface area contributed by atoms with Crippen molar-refractivity contribution in [3.8, 4) is 11.5 Å². The summed E-state index contributed by atoms with van der Waals surface area (Å²) in [5, 5.41) is 9.81. The highest BCUT2D eigenvalue weighted by Crippen LogP contribution is 2.35. The van der Waals surface area contributed by atoms with Crippen molar-refractivity contribution >= 4 is 15.9 Å². The molecule has 1 unspecified atom stereocenters. The second-order valence-electron chi connectivity index (χ2n) is 5.31. The molecule has 1 heterocycles. The molecule has 0 spiro atoms. The molecule has 1 N–H and O–H groups in total. The van der Waals surface area contributed by atoms with Crippen LogP contribution in [0.4, 0.5) is 0 Å². The Balaban J connectivity index is 1.96. The van der Waals surface area contributed by atoms with Gasteiger partial charge in [-0.2, -0.15) is 0 Å². The lowest BCUT2D eigenvalue weighted by Gasteiger charge is -2.27. The second kappa shape index (κ2) is 7.29. The van der Waals surface area contributed by atoms with Gasteiger partial charge in [0.25, 0.3) is 0 Å². The van der Waals surface area contributed by atoms with Crippen molar-refractivity contribution in [1.29, 1.82) is 0 Å². The molecule has 2 rings (SSSR count). The maximum Gasteiger partial charge on any atom is 0.172 e. The Hall–Kier alpha value is -0.780. The summed E-state index contributed by atoms with van der Waals surface area (Å²) >= 11 is 3.35. The van der Waals surface area contributed by atoms with E-state index in [9.17, 15) is 5.11 Å². The zero-order chi connectivity index (χ0) is 14.5. The molecule has 0 aromatic heterocycles. The van der Waals surface area contributed by atoms with Crippen LogP contribution >= 0.6 is 15.9 Å². The van der Waals surface area contributed by atoms with E-state index < -0.39 is 0 Å². The fraction of sp³-hybridized carbons (Fsp3) is 0.600. The first-order valence-corrected chi connectivity index (χ1v) is 7.75. The Morgan fingerprint density at radius 3 is 2.90 bits per heavy atom. The van der Waals surface area contributed by atoms with Gasteiger partial charge in [-0.05, 0) is 59.9 Å². The molecule has 112 valence electrons. The highest BCUT2D eigenvalue weighted by atomic mass is 79.9. The predicted octanol–water partition coefficient (Wildman–Crippen LogP) is 3.16. The number of nitrogens with zero attached hydrogens (tertiary/aromatic N) is 1. The molecule has 20 heavy (non-hydrogen) atoms. The van der Waals surface area contributed by atoms with E-state index in [1.807, 2.05) is 12.1 Å². The van der Waals surface area contributed by atoms with Gasteiger partial charge in [-0.25, -0.2) is 0 Å². The zero-order valence-electron chi connectivity index (χ0n) is 12.1. The first-order valence-electron chi connectivity index (χ1n) is 6.95. The van der Waals surface area contributed by atoms with Crippen molar-refractivity contribution in [2.24, 2.45) is 0 Å². The SMILES string of the molecule is COc1cc(CN(C)CC2CCCCO2)cc(Br)c1O. The topological polar surface area (TPSA) is 41.9 Å². The maximum atomic E-state index is 9.81. The number of halogens is 1. The fourth-order valence-electron chi connectivity index (χ4n) is 2.55. The number of rotatable bonds is 5. The summed E-state index contributed by atoms with van der Waals surface area (Å²) < 4.78 is 11.6. The minimum Gasteiger partial charge on any atom is -0.503 e. The largest absolute Gasteiger partial charge is 0.503 e. The van der Waals surface area contributed by atoms with Crippen molar-refractivity contribution < 1.29 is 14.6 Å². The Morgan fingerprint density at radius 1 is 1.45 bits per heavy atom. The summed E-state index contributed by atoms with van der Waals surface area (Å²) in [4.78, 5) is 2.24. The molecule has 1 fully saturated rings. The molecule has 1 aromatic carbocycles. The monoisotopic (exact) mass is 343 g/mol. The van der Waals surface area contributed by atoms with Crippen molar-refractivity contribution in [2.75, 3.05) is 27.3 Å². The molecule has 0 saturated carbocycles. The summed E-state index contributed by atoms with van der Waals surface area (Å²) in [6.07, 6.45) is 3.93. The van der Waals surface area contributed by atoms with Gasteiger partial charge in [0.05, 0.1) is 17.7 Å². The van der Waals surface area contributed by atoms with E-state index in [1.54, 1.807) is 7.11 Å². The Morgan fingerprint density at radius 2 is 2.25 bits per heavy atom. The number of likely N-dealkylation sites (N-methyl/N-ethyl adjacent to an activating group) is 1. The van der Waals surface area contributed by atoms with Gasteiger partial charge in [-0.1, -0.05) is 0 Å². The van der Waals surface area contributed by atoms with Crippen LogP contribution in [-0.2, 0) is 11.3 Å². The van der Waals surface area contributed by atoms with Gasteiger partial charge in [0.2, 0.25) is 0 Å². The molecule has 1 aliphatic rings. The Labute approximate surface area is 128 Å². The van der Waals surface area contributed by atoms with E-state index in [4.69, 9.17) is 9.47 Å². The van der Waals surface area contributed by atoms with Gasteiger partial charge in [-0.15, -0.1) is 0 Å². The highest BCUT2D eigenvalue weighted by molar-refractivity contribution is 9.10. The van der Waals surface area contributed by atoms with Crippen molar-refractivity contribution in [2.45, 2.75) is 31.9 Å². The first-order chi connectivity index (χ1) is 9.60. The van der Waals surface area contributed by atoms with Gasteiger partial charge in [0, 0.05) is 19.7 Å². The quantitative estimate of drug-likeness (QED) is 0.891. The number of aromatic hydroxyl groups is 1. The molecule has 0 amide bonds. The second-order valence-corrected chi connectivity index (χ2v) is 6.17.